The van der Waals surface area contributed by atoms with Gasteiger partial charge in [0.1, 0.15) is 0 Å². The van der Waals surface area contributed by atoms with Gasteiger partial charge in [-0.1, -0.05) is 116 Å². The molecule has 0 aliphatic heterocycles. The Hall–Kier alpha value is -1.32. The number of nitrogens with one attached hydrogen (secondary N) is 1. The van der Waals surface area contributed by atoms with Crippen molar-refractivity contribution in [2.45, 2.75) is 122 Å². The normalized spacial score (nSPS) is 11.9. The van der Waals surface area contributed by atoms with Crippen molar-refractivity contribution < 1.29 is 14.7 Å². The summed E-state index contributed by atoms with van der Waals surface area (Å²) in [5.74, 6) is -1.63. The predicted molar refractivity (Wildman–Crippen MR) is 123 cm³/mol. The Morgan fingerprint density at radius 3 is 1.59 bits per heavy atom. The Balaban J connectivity index is 3.43. The van der Waals surface area contributed by atoms with E-state index in [-0.39, 0.29) is 12.3 Å². The fourth-order valence-electron chi connectivity index (χ4n) is 3.73. The molecule has 0 aromatic rings. The van der Waals surface area contributed by atoms with Gasteiger partial charge in [-0.3, -0.25) is 9.59 Å². The lowest BCUT2D eigenvalue weighted by Crippen LogP contribution is -2.28. The molecule has 170 valence electrons. The second-order valence-corrected chi connectivity index (χ2v) is 8.42. The SMILES string of the molecule is C=CCNC(=O)CC(CCCCCCCCCCCCCCCCCC)C(=O)O. The summed E-state index contributed by atoms with van der Waals surface area (Å²) in [6, 6.07) is 0. The van der Waals surface area contributed by atoms with Crippen molar-refractivity contribution in [3.05, 3.63) is 12.7 Å². The van der Waals surface area contributed by atoms with Crippen LogP contribution in [0.5, 0.6) is 0 Å². The van der Waals surface area contributed by atoms with Crippen LogP contribution < -0.4 is 5.32 Å². The van der Waals surface area contributed by atoms with E-state index in [0.717, 1.165) is 12.8 Å². The van der Waals surface area contributed by atoms with Crippen molar-refractivity contribution in [1.82, 2.24) is 5.32 Å². The average molecular weight is 410 g/mol. The summed E-state index contributed by atoms with van der Waals surface area (Å²) >= 11 is 0. The molecule has 0 aromatic carbocycles. The summed E-state index contributed by atoms with van der Waals surface area (Å²) in [7, 11) is 0. The topological polar surface area (TPSA) is 66.4 Å². The van der Waals surface area contributed by atoms with Crippen molar-refractivity contribution >= 4 is 11.9 Å². The molecule has 2 N–H and O–H groups in total. The van der Waals surface area contributed by atoms with E-state index in [2.05, 4.69) is 18.8 Å². The van der Waals surface area contributed by atoms with Gasteiger partial charge in [0.2, 0.25) is 5.91 Å². The highest BCUT2D eigenvalue weighted by molar-refractivity contribution is 5.82. The molecule has 1 unspecified atom stereocenters. The first-order valence-electron chi connectivity index (χ1n) is 12.2. The molecule has 0 spiro atoms. The summed E-state index contributed by atoms with van der Waals surface area (Å²) in [5, 5.41) is 11.9. The third-order valence-electron chi connectivity index (χ3n) is 5.63. The van der Waals surface area contributed by atoms with E-state index in [1.165, 1.54) is 89.9 Å². The minimum atomic E-state index is -0.861. The second kappa shape index (κ2) is 21.4. The maximum atomic E-state index is 11.7. The van der Waals surface area contributed by atoms with Crippen molar-refractivity contribution in [3.8, 4) is 0 Å². The van der Waals surface area contributed by atoms with E-state index < -0.39 is 11.9 Å². The summed E-state index contributed by atoms with van der Waals surface area (Å²) in [6.07, 6.45) is 23.2. The Morgan fingerprint density at radius 2 is 1.21 bits per heavy atom. The third-order valence-corrected chi connectivity index (χ3v) is 5.63. The first kappa shape index (κ1) is 27.7. The zero-order valence-electron chi connectivity index (χ0n) is 19.1. The molecule has 0 saturated heterocycles. The minimum Gasteiger partial charge on any atom is -0.481 e. The number of aliphatic carboxylic acids is 1. The minimum absolute atomic E-state index is 0.0713. The number of carbonyl (C=O) groups is 2. The molecular weight excluding hydrogens is 362 g/mol. The summed E-state index contributed by atoms with van der Waals surface area (Å²) in [4.78, 5) is 23.0. The smallest absolute Gasteiger partial charge is 0.307 e. The van der Waals surface area contributed by atoms with Gasteiger partial charge in [-0.05, 0) is 6.42 Å². The van der Waals surface area contributed by atoms with Gasteiger partial charge in [0.15, 0.2) is 0 Å². The van der Waals surface area contributed by atoms with Crippen LogP contribution in [0, 0.1) is 5.92 Å². The lowest BCUT2D eigenvalue weighted by Gasteiger charge is -2.11. The fraction of sp³-hybridized carbons (Fsp3) is 0.840. The molecule has 0 aliphatic rings. The van der Waals surface area contributed by atoms with Crippen LogP contribution in [0.1, 0.15) is 122 Å². The number of amides is 1. The molecule has 0 aromatic heterocycles. The van der Waals surface area contributed by atoms with E-state index >= 15 is 0 Å². The average Bonchev–Trinajstić information content (AvgIpc) is 2.70. The lowest BCUT2D eigenvalue weighted by atomic mass is 9.96. The predicted octanol–water partition coefficient (Wildman–Crippen LogP) is 7.03. The highest BCUT2D eigenvalue weighted by Gasteiger charge is 2.20. The number of rotatable bonds is 22. The van der Waals surface area contributed by atoms with Crippen molar-refractivity contribution in [1.29, 1.82) is 0 Å². The molecule has 1 amide bonds. The Morgan fingerprint density at radius 1 is 0.793 bits per heavy atom. The monoisotopic (exact) mass is 409 g/mol. The van der Waals surface area contributed by atoms with E-state index in [4.69, 9.17) is 0 Å². The van der Waals surface area contributed by atoms with E-state index in [0.29, 0.717) is 13.0 Å². The Bertz CT molecular complexity index is 409. The first-order chi connectivity index (χ1) is 14.1. The summed E-state index contributed by atoms with van der Waals surface area (Å²) < 4.78 is 0. The summed E-state index contributed by atoms with van der Waals surface area (Å²) in [6.45, 7) is 6.20. The molecule has 4 nitrogen and oxygen atoms in total. The maximum absolute atomic E-state index is 11.7. The van der Waals surface area contributed by atoms with Crippen molar-refractivity contribution in [2.75, 3.05) is 6.54 Å². The van der Waals surface area contributed by atoms with Crippen molar-refractivity contribution in [2.24, 2.45) is 5.92 Å². The standard InChI is InChI=1S/C25H47NO3/c1-3-5-6-7-8-9-10-11-12-13-14-15-16-17-18-19-20-23(25(28)29)22-24(27)26-21-4-2/h4,23H,2-3,5-22H2,1H3,(H,26,27)(H,28,29). The number of unbranched alkanes of at least 4 members (excludes halogenated alkanes) is 15. The van der Waals surface area contributed by atoms with E-state index in [1.54, 1.807) is 6.08 Å². The van der Waals surface area contributed by atoms with Crippen LogP contribution in [-0.4, -0.2) is 23.5 Å². The zero-order chi connectivity index (χ0) is 21.6. The molecule has 1 atom stereocenters. The molecule has 4 heteroatoms. The molecular formula is C25H47NO3. The number of hydrogen-bond acceptors (Lipinski definition) is 2. The van der Waals surface area contributed by atoms with Crippen LogP contribution in [0.4, 0.5) is 0 Å². The molecule has 0 heterocycles. The van der Waals surface area contributed by atoms with Gasteiger partial charge in [0.25, 0.3) is 0 Å². The molecule has 0 fully saturated rings. The van der Waals surface area contributed by atoms with E-state index in [9.17, 15) is 14.7 Å². The molecule has 0 rings (SSSR count). The fourth-order valence-corrected chi connectivity index (χ4v) is 3.73. The van der Waals surface area contributed by atoms with Gasteiger partial charge in [-0.2, -0.15) is 0 Å². The number of carboxylic acid groups (broad SMARTS) is 1. The first-order valence-corrected chi connectivity index (χ1v) is 12.2. The van der Waals surface area contributed by atoms with Gasteiger partial charge >= 0.3 is 5.97 Å². The van der Waals surface area contributed by atoms with Crippen molar-refractivity contribution in [3.63, 3.8) is 0 Å². The Kier molecular flexibility index (Phi) is 20.4. The van der Waals surface area contributed by atoms with Gasteiger partial charge in [-0.25, -0.2) is 0 Å². The number of hydrogen-bond donors (Lipinski definition) is 2. The molecule has 29 heavy (non-hydrogen) atoms. The van der Waals surface area contributed by atoms with Crippen LogP contribution in [0.3, 0.4) is 0 Å². The molecule has 0 radical (unpaired) electrons. The zero-order valence-corrected chi connectivity index (χ0v) is 19.1. The summed E-state index contributed by atoms with van der Waals surface area (Å²) in [5.41, 5.74) is 0. The van der Waals surface area contributed by atoms with Crippen LogP contribution in [0.15, 0.2) is 12.7 Å². The van der Waals surface area contributed by atoms with Gasteiger partial charge in [0.05, 0.1) is 5.92 Å². The van der Waals surface area contributed by atoms with Crippen LogP contribution in [0.2, 0.25) is 0 Å². The van der Waals surface area contributed by atoms with Gasteiger partial charge < -0.3 is 10.4 Å². The quantitative estimate of drug-likeness (QED) is 0.149. The van der Waals surface area contributed by atoms with Crippen LogP contribution in [0.25, 0.3) is 0 Å². The lowest BCUT2D eigenvalue weighted by molar-refractivity contribution is -0.144. The van der Waals surface area contributed by atoms with Gasteiger partial charge in [-0.15, -0.1) is 6.58 Å². The highest BCUT2D eigenvalue weighted by atomic mass is 16.4. The maximum Gasteiger partial charge on any atom is 0.307 e. The molecule has 0 bridgehead atoms. The molecule has 0 saturated carbocycles. The second-order valence-electron chi connectivity index (χ2n) is 8.42. The third kappa shape index (κ3) is 19.8. The van der Waals surface area contributed by atoms with Gasteiger partial charge in [0, 0.05) is 13.0 Å². The van der Waals surface area contributed by atoms with Crippen LogP contribution in [-0.2, 0) is 9.59 Å². The van der Waals surface area contributed by atoms with E-state index in [1.807, 2.05) is 0 Å². The number of carboxylic acids is 1. The largest absolute Gasteiger partial charge is 0.481 e. The molecule has 0 aliphatic carbocycles. The Labute approximate surface area is 179 Å². The van der Waals surface area contributed by atoms with Crippen LogP contribution >= 0.6 is 0 Å². The highest BCUT2D eigenvalue weighted by Crippen LogP contribution is 2.17. The number of carbonyl (C=O) groups excluding carboxylic acids is 1.